The largest absolute Gasteiger partial charge is 0.369 e. The van der Waals surface area contributed by atoms with Crippen LogP contribution >= 0.6 is 0 Å². The molecule has 2 heterocycles. The second-order valence-corrected chi connectivity index (χ2v) is 6.70. The second-order valence-electron chi connectivity index (χ2n) is 6.70. The van der Waals surface area contributed by atoms with Crippen molar-refractivity contribution in [2.45, 2.75) is 25.8 Å². The fraction of sp³-hybridized carbons (Fsp3) is 0.333. The number of benzene rings is 1. The van der Waals surface area contributed by atoms with Gasteiger partial charge in [-0.1, -0.05) is 12.1 Å². The lowest BCUT2D eigenvalue weighted by molar-refractivity contribution is -0.128. The van der Waals surface area contributed by atoms with Gasteiger partial charge in [-0.15, -0.1) is 0 Å². The Bertz CT molecular complexity index is 897. The van der Waals surface area contributed by atoms with Gasteiger partial charge in [0.2, 0.25) is 5.91 Å². The summed E-state index contributed by atoms with van der Waals surface area (Å²) in [4.78, 5) is 30.4. The van der Waals surface area contributed by atoms with E-state index >= 15 is 0 Å². The van der Waals surface area contributed by atoms with Crippen LogP contribution in [0, 0.1) is 6.92 Å². The first kappa shape index (κ1) is 17.7. The highest BCUT2D eigenvalue weighted by Crippen LogP contribution is 2.34. The Morgan fingerprint density at radius 3 is 2.65 bits per heavy atom. The Kier molecular flexibility index (Phi) is 4.27. The average Bonchev–Trinajstić information content (AvgIpc) is 2.92. The van der Waals surface area contributed by atoms with E-state index in [4.69, 9.17) is 5.73 Å². The van der Waals surface area contributed by atoms with Crippen molar-refractivity contribution in [3.63, 3.8) is 0 Å². The first-order valence-electron chi connectivity index (χ1n) is 8.24. The molecular weight excluding hydrogens is 332 g/mol. The fourth-order valence-corrected chi connectivity index (χ4v) is 2.87. The van der Waals surface area contributed by atoms with Crippen LogP contribution in [0.15, 0.2) is 35.3 Å². The van der Waals surface area contributed by atoms with Crippen molar-refractivity contribution in [3.8, 4) is 0 Å². The highest BCUT2D eigenvalue weighted by molar-refractivity contribution is 6.03. The van der Waals surface area contributed by atoms with Crippen molar-refractivity contribution in [1.29, 1.82) is 0 Å². The van der Waals surface area contributed by atoms with Crippen molar-refractivity contribution < 1.29 is 9.59 Å². The normalized spacial score (nSPS) is 20.1. The van der Waals surface area contributed by atoms with E-state index in [0.29, 0.717) is 11.4 Å². The molecular formula is C18H22N6O2. The van der Waals surface area contributed by atoms with Crippen LogP contribution in [0.5, 0.6) is 0 Å². The molecule has 2 aromatic rings. The van der Waals surface area contributed by atoms with Gasteiger partial charge in [0.1, 0.15) is 0 Å². The third-order valence-corrected chi connectivity index (χ3v) is 4.66. The number of guanidine groups is 1. The maximum Gasteiger partial charge on any atom is 0.276 e. The number of carbonyl (C=O) groups is 2. The van der Waals surface area contributed by atoms with E-state index in [9.17, 15) is 9.59 Å². The summed E-state index contributed by atoms with van der Waals surface area (Å²) >= 11 is 0. The molecule has 136 valence electrons. The quantitative estimate of drug-likeness (QED) is 0.868. The molecule has 3 N–H and O–H groups in total. The van der Waals surface area contributed by atoms with E-state index in [1.807, 2.05) is 32.0 Å². The van der Waals surface area contributed by atoms with Crippen LogP contribution in [0.1, 0.15) is 35.1 Å². The number of nitrogens with zero attached hydrogens (tertiary/aromatic N) is 4. The summed E-state index contributed by atoms with van der Waals surface area (Å²) in [7, 11) is 3.39. The number of rotatable bonds is 3. The Morgan fingerprint density at radius 1 is 1.31 bits per heavy atom. The zero-order valence-electron chi connectivity index (χ0n) is 15.3. The lowest BCUT2D eigenvalue weighted by Gasteiger charge is -2.33. The van der Waals surface area contributed by atoms with Crippen LogP contribution in [0.4, 0.5) is 5.69 Å². The number of aromatic nitrogens is 2. The number of nitrogens with one attached hydrogen (secondary N) is 1. The molecule has 3 rings (SSSR count). The summed E-state index contributed by atoms with van der Waals surface area (Å²) in [6, 6.07) is 9.00. The van der Waals surface area contributed by atoms with Crippen LogP contribution in [0.3, 0.4) is 0 Å². The van der Waals surface area contributed by atoms with Gasteiger partial charge in [0.25, 0.3) is 5.91 Å². The Morgan fingerprint density at radius 2 is 2.04 bits per heavy atom. The second kappa shape index (κ2) is 6.29. The number of aryl methyl sites for hydroxylation is 2. The lowest BCUT2D eigenvalue weighted by Crippen LogP contribution is -2.47. The summed E-state index contributed by atoms with van der Waals surface area (Å²) < 4.78 is 1.65. The molecule has 26 heavy (non-hydrogen) atoms. The van der Waals surface area contributed by atoms with E-state index in [-0.39, 0.29) is 24.2 Å². The first-order chi connectivity index (χ1) is 12.2. The topological polar surface area (TPSA) is 106 Å². The van der Waals surface area contributed by atoms with Gasteiger partial charge in [-0.05, 0) is 37.6 Å². The number of hydrogen-bond acceptors (Lipinski definition) is 5. The highest BCUT2D eigenvalue weighted by atomic mass is 16.2. The molecule has 0 saturated heterocycles. The minimum atomic E-state index is -0.768. The molecule has 0 radical (unpaired) electrons. The molecule has 0 unspecified atom stereocenters. The van der Waals surface area contributed by atoms with Crippen molar-refractivity contribution >= 4 is 23.5 Å². The molecule has 1 aliphatic heterocycles. The number of carbonyl (C=O) groups excluding carboxylic acids is 2. The van der Waals surface area contributed by atoms with Crippen molar-refractivity contribution in [1.82, 2.24) is 14.7 Å². The van der Waals surface area contributed by atoms with E-state index < -0.39 is 5.54 Å². The van der Waals surface area contributed by atoms with E-state index in [2.05, 4.69) is 15.4 Å². The van der Waals surface area contributed by atoms with Crippen molar-refractivity contribution in [3.05, 3.63) is 47.3 Å². The molecule has 0 saturated carbocycles. The van der Waals surface area contributed by atoms with E-state index in [0.717, 1.165) is 11.3 Å². The molecule has 2 amide bonds. The highest BCUT2D eigenvalue weighted by Gasteiger charge is 2.36. The molecule has 1 aromatic heterocycles. The Labute approximate surface area is 151 Å². The van der Waals surface area contributed by atoms with Gasteiger partial charge in [-0.3, -0.25) is 19.2 Å². The van der Waals surface area contributed by atoms with Crippen LogP contribution < -0.4 is 11.1 Å². The maximum atomic E-state index is 12.4. The SMILES string of the molecule is Cc1cc(C(=O)Nc2cccc([C@]3(C)CC(=O)N(C)C(N)=N3)c2)nn1C. The minimum absolute atomic E-state index is 0.0987. The number of aliphatic imine (C=N–C) groups is 1. The smallest absolute Gasteiger partial charge is 0.276 e. The van der Waals surface area contributed by atoms with Crippen LogP contribution in [-0.4, -0.2) is 39.5 Å². The molecule has 1 aromatic carbocycles. The van der Waals surface area contributed by atoms with Gasteiger partial charge in [0.05, 0.1) is 12.0 Å². The predicted octanol–water partition coefficient (Wildman–Crippen LogP) is 1.37. The average molecular weight is 354 g/mol. The van der Waals surface area contributed by atoms with Gasteiger partial charge in [0.15, 0.2) is 11.7 Å². The lowest BCUT2D eigenvalue weighted by atomic mass is 9.87. The summed E-state index contributed by atoms with van der Waals surface area (Å²) in [5, 5.41) is 7.01. The molecule has 0 aliphatic carbocycles. The third kappa shape index (κ3) is 3.17. The summed E-state index contributed by atoms with van der Waals surface area (Å²) in [5.41, 5.74) is 7.75. The Hall–Kier alpha value is -3.16. The van der Waals surface area contributed by atoms with Gasteiger partial charge < -0.3 is 11.1 Å². The number of nitrogens with two attached hydrogens (primary N) is 1. The van der Waals surface area contributed by atoms with Crippen LogP contribution in [0.25, 0.3) is 0 Å². The molecule has 8 nitrogen and oxygen atoms in total. The van der Waals surface area contributed by atoms with Gasteiger partial charge in [0, 0.05) is 25.5 Å². The van der Waals surface area contributed by atoms with E-state index in [1.165, 1.54) is 4.90 Å². The summed E-state index contributed by atoms with van der Waals surface area (Å²) in [6.07, 6.45) is 0.209. The summed E-state index contributed by atoms with van der Waals surface area (Å²) in [6.45, 7) is 3.73. The molecule has 1 atom stereocenters. The number of hydrogen-bond donors (Lipinski definition) is 2. The van der Waals surface area contributed by atoms with Crippen LogP contribution in [-0.2, 0) is 17.4 Å². The minimum Gasteiger partial charge on any atom is -0.369 e. The number of amides is 2. The summed E-state index contributed by atoms with van der Waals surface area (Å²) in [5.74, 6) is -0.209. The molecule has 0 fully saturated rings. The first-order valence-corrected chi connectivity index (χ1v) is 8.24. The molecule has 8 heteroatoms. The predicted molar refractivity (Wildman–Crippen MR) is 98.7 cm³/mol. The van der Waals surface area contributed by atoms with Crippen molar-refractivity contribution in [2.75, 3.05) is 12.4 Å². The van der Waals surface area contributed by atoms with Gasteiger partial charge in [-0.2, -0.15) is 5.10 Å². The molecule has 0 bridgehead atoms. The standard InChI is InChI=1S/C18H22N6O2/c1-11-8-14(22-24(11)4)16(26)20-13-7-5-6-12(9-13)18(2)10-15(25)23(3)17(19)21-18/h5-9H,10H2,1-4H3,(H2,19,21)(H,20,26)/t18-/m0/s1. The molecule has 0 spiro atoms. The Balaban J connectivity index is 1.87. The fourth-order valence-electron chi connectivity index (χ4n) is 2.87. The monoisotopic (exact) mass is 354 g/mol. The molecule has 1 aliphatic rings. The van der Waals surface area contributed by atoms with Crippen molar-refractivity contribution in [2.24, 2.45) is 17.8 Å². The van der Waals surface area contributed by atoms with Crippen LogP contribution in [0.2, 0.25) is 0 Å². The zero-order chi connectivity index (χ0) is 19.1. The third-order valence-electron chi connectivity index (χ3n) is 4.66. The van der Waals surface area contributed by atoms with E-state index in [1.54, 1.807) is 30.9 Å². The van der Waals surface area contributed by atoms with Gasteiger partial charge in [-0.25, -0.2) is 4.99 Å². The maximum absolute atomic E-state index is 12.4. The zero-order valence-corrected chi connectivity index (χ0v) is 15.3. The number of anilines is 1. The van der Waals surface area contributed by atoms with Gasteiger partial charge >= 0.3 is 0 Å².